The molecule has 3 heterocycles. The minimum absolute atomic E-state index is 0.00610. The lowest BCUT2D eigenvalue weighted by atomic mass is 9.87. The van der Waals surface area contributed by atoms with Crippen molar-refractivity contribution in [3.05, 3.63) is 42.2 Å². The van der Waals surface area contributed by atoms with Crippen LogP contribution in [-0.2, 0) is 16.9 Å². The number of hydrogen-bond acceptors (Lipinski definition) is 5. The average molecular weight is 342 g/mol. The average Bonchev–Trinajstić information content (AvgIpc) is 3.32. The summed E-state index contributed by atoms with van der Waals surface area (Å²) in [6.07, 6.45) is 5.32. The summed E-state index contributed by atoms with van der Waals surface area (Å²) in [5.41, 5.74) is 0.491. The van der Waals surface area contributed by atoms with Crippen molar-refractivity contribution in [3.8, 4) is 11.5 Å². The number of nitrogens with one attached hydrogen (secondary N) is 1. The molecule has 0 bridgehead atoms. The zero-order chi connectivity index (χ0) is 17.3. The first-order valence-electron chi connectivity index (χ1n) is 8.54. The first-order chi connectivity index (χ1) is 12.2. The molecule has 1 aromatic heterocycles. The van der Waals surface area contributed by atoms with Crippen molar-refractivity contribution in [1.29, 1.82) is 0 Å². The third-order valence-corrected chi connectivity index (χ3v) is 4.99. The Labute approximate surface area is 146 Å². The van der Waals surface area contributed by atoms with E-state index in [2.05, 4.69) is 21.4 Å². The number of likely N-dealkylation sites (N-methyl/N-ethyl adjacent to an activating group) is 1. The van der Waals surface area contributed by atoms with E-state index in [-0.39, 0.29) is 12.7 Å². The number of aromatic nitrogens is 2. The maximum absolute atomic E-state index is 12.7. The molecule has 7 nitrogen and oxygen atoms in total. The summed E-state index contributed by atoms with van der Waals surface area (Å²) >= 11 is 0. The number of hydrogen-bond donors (Lipinski definition) is 1. The van der Waals surface area contributed by atoms with Crippen LogP contribution in [0.25, 0.3) is 0 Å². The molecule has 2 aliphatic heterocycles. The van der Waals surface area contributed by atoms with Crippen LogP contribution in [0.1, 0.15) is 18.4 Å². The Balaban J connectivity index is 1.56. The highest BCUT2D eigenvalue weighted by Crippen LogP contribution is 2.34. The molecule has 7 heteroatoms. The van der Waals surface area contributed by atoms with Gasteiger partial charge in [0.1, 0.15) is 0 Å². The summed E-state index contributed by atoms with van der Waals surface area (Å²) < 4.78 is 12.6. The van der Waals surface area contributed by atoms with Crippen LogP contribution in [0.4, 0.5) is 0 Å². The summed E-state index contributed by atoms with van der Waals surface area (Å²) in [6, 6.07) is 7.88. The normalized spacial score (nSPS) is 22.8. The molecular weight excluding hydrogens is 320 g/mol. The fraction of sp³-hybridized carbons (Fsp3) is 0.444. The predicted molar refractivity (Wildman–Crippen MR) is 91.3 cm³/mol. The van der Waals surface area contributed by atoms with E-state index < -0.39 is 5.54 Å². The van der Waals surface area contributed by atoms with E-state index in [1.807, 2.05) is 24.4 Å². The van der Waals surface area contributed by atoms with Gasteiger partial charge >= 0.3 is 0 Å². The summed E-state index contributed by atoms with van der Waals surface area (Å²) in [4.78, 5) is 15.0. The summed E-state index contributed by atoms with van der Waals surface area (Å²) in [5.74, 6) is 1.59. The third-order valence-electron chi connectivity index (χ3n) is 4.99. The van der Waals surface area contributed by atoms with Gasteiger partial charge in [-0.3, -0.25) is 14.4 Å². The predicted octanol–water partition coefficient (Wildman–Crippen LogP) is 1.35. The maximum atomic E-state index is 12.7. The SMILES string of the molecule is CNC(=O)C1(n2cccn2)CCCN(Cc2ccc3c(c2)OCO3)C1. The lowest BCUT2D eigenvalue weighted by Gasteiger charge is -2.41. The van der Waals surface area contributed by atoms with Gasteiger partial charge in [0, 0.05) is 32.5 Å². The first-order valence-corrected chi connectivity index (χ1v) is 8.54. The smallest absolute Gasteiger partial charge is 0.249 e. The van der Waals surface area contributed by atoms with Crippen LogP contribution in [-0.4, -0.2) is 47.5 Å². The molecule has 1 fully saturated rings. The monoisotopic (exact) mass is 342 g/mol. The second-order valence-electron chi connectivity index (χ2n) is 6.56. The van der Waals surface area contributed by atoms with Gasteiger partial charge in [-0.2, -0.15) is 5.10 Å². The largest absolute Gasteiger partial charge is 0.454 e. The van der Waals surface area contributed by atoms with Crippen molar-refractivity contribution < 1.29 is 14.3 Å². The van der Waals surface area contributed by atoms with Gasteiger partial charge < -0.3 is 14.8 Å². The van der Waals surface area contributed by atoms with E-state index in [9.17, 15) is 4.79 Å². The quantitative estimate of drug-likeness (QED) is 0.908. The number of carbonyl (C=O) groups excluding carboxylic acids is 1. The Kier molecular flexibility index (Phi) is 4.09. The lowest BCUT2D eigenvalue weighted by molar-refractivity contribution is -0.133. The molecule has 1 saturated heterocycles. The Morgan fingerprint density at radius 3 is 3.04 bits per heavy atom. The van der Waals surface area contributed by atoms with E-state index >= 15 is 0 Å². The van der Waals surface area contributed by atoms with E-state index in [1.54, 1.807) is 17.9 Å². The van der Waals surface area contributed by atoms with Crippen LogP contribution >= 0.6 is 0 Å². The lowest BCUT2D eigenvalue weighted by Crippen LogP contribution is -2.57. The van der Waals surface area contributed by atoms with Crippen molar-refractivity contribution in [2.75, 3.05) is 26.9 Å². The molecule has 0 aliphatic carbocycles. The molecule has 0 radical (unpaired) electrons. The van der Waals surface area contributed by atoms with Gasteiger partial charge in [-0.15, -0.1) is 0 Å². The standard InChI is InChI=1S/C18H22N4O3/c1-19-17(23)18(22-9-3-7-20-22)6-2-8-21(12-18)11-14-4-5-15-16(10-14)25-13-24-15/h3-5,7,9-10H,2,6,8,11-13H2,1H3,(H,19,23). The fourth-order valence-electron chi connectivity index (χ4n) is 3.79. The Morgan fingerprint density at radius 2 is 2.24 bits per heavy atom. The molecule has 1 aromatic carbocycles. The Morgan fingerprint density at radius 1 is 1.36 bits per heavy atom. The number of benzene rings is 1. The van der Waals surface area contributed by atoms with E-state index in [4.69, 9.17) is 9.47 Å². The molecule has 1 atom stereocenters. The Bertz CT molecular complexity index is 762. The number of rotatable bonds is 4. The molecule has 2 aromatic rings. The van der Waals surface area contributed by atoms with Crippen LogP contribution < -0.4 is 14.8 Å². The second-order valence-corrected chi connectivity index (χ2v) is 6.56. The Hall–Kier alpha value is -2.54. The van der Waals surface area contributed by atoms with Gasteiger partial charge in [0.25, 0.3) is 0 Å². The van der Waals surface area contributed by atoms with E-state index in [0.717, 1.165) is 43.0 Å². The van der Waals surface area contributed by atoms with Gasteiger partial charge in [0.15, 0.2) is 17.0 Å². The van der Waals surface area contributed by atoms with E-state index in [1.165, 1.54) is 0 Å². The van der Waals surface area contributed by atoms with Gasteiger partial charge in [-0.05, 0) is 43.1 Å². The number of fused-ring (bicyclic) bond motifs is 1. The van der Waals surface area contributed by atoms with E-state index in [0.29, 0.717) is 6.54 Å². The minimum Gasteiger partial charge on any atom is -0.454 e. The van der Waals surface area contributed by atoms with Crippen molar-refractivity contribution in [1.82, 2.24) is 20.0 Å². The second kappa shape index (κ2) is 6.40. The molecular formula is C18H22N4O3. The number of piperidine rings is 1. The molecule has 0 spiro atoms. The number of amides is 1. The molecule has 1 unspecified atom stereocenters. The van der Waals surface area contributed by atoms with Gasteiger partial charge in [-0.25, -0.2) is 0 Å². The summed E-state index contributed by atoms with van der Waals surface area (Å²) in [5, 5.41) is 7.18. The molecule has 4 rings (SSSR count). The number of likely N-dealkylation sites (tertiary alicyclic amines) is 1. The molecule has 2 aliphatic rings. The zero-order valence-electron chi connectivity index (χ0n) is 14.3. The van der Waals surface area contributed by atoms with Crippen molar-refractivity contribution in [3.63, 3.8) is 0 Å². The third kappa shape index (κ3) is 2.84. The van der Waals surface area contributed by atoms with Crippen molar-refractivity contribution in [2.45, 2.75) is 24.9 Å². The topological polar surface area (TPSA) is 68.6 Å². The van der Waals surface area contributed by atoms with Crippen molar-refractivity contribution >= 4 is 5.91 Å². The van der Waals surface area contributed by atoms with Crippen LogP contribution in [0.2, 0.25) is 0 Å². The van der Waals surface area contributed by atoms with Crippen LogP contribution in [0.5, 0.6) is 11.5 Å². The fourth-order valence-corrected chi connectivity index (χ4v) is 3.79. The van der Waals surface area contributed by atoms with Crippen LogP contribution in [0.3, 0.4) is 0 Å². The molecule has 25 heavy (non-hydrogen) atoms. The highest BCUT2D eigenvalue weighted by molar-refractivity contribution is 5.84. The van der Waals surface area contributed by atoms with Gasteiger partial charge in [-0.1, -0.05) is 6.07 Å². The zero-order valence-corrected chi connectivity index (χ0v) is 14.3. The molecule has 1 N–H and O–H groups in total. The highest BCUT2D eigenvalue weighted by Gasteiger charge is 2.44. The number of ether oxygens (including phenoxy) is 2. The summed E-state index contributed by atoms with van der Waals surface area (Å²) in [7, 11) is 1.68. The summed E-state index contributed by atoms with van der Waals surface area (Å²) in [6.45, 7) is 2.62. The number of carbonyl (C=O) groups is 1. The molecule has 0 saturated carbocycles. The van der Waals surface area contributed by atoms with Crippen LogP contribution in [0, 0.1) is 0 Å². The maximum Gasteiger partial charge on any atom is 0.249 e. The van der Waals surface area contributed by atoms with Gasteiger partial charge in [0.05, 0.1) is 0 Å². The van der Waals surface area contributed by atoms with Crippen LogP contribution in [0.15, 0.2) is 36.7 Å². The molecule has 132 valence electrons. The first kappa shape index (κ1) is 16.0. The minimum atomic E-state index is -0.660. The highest BCUT2D eigenvalue weighted by atomic mass is 16.7. The molecule has 1 amide bonds. The van der Waals surface area contributed by atoms with Gasteiger partial charge in [0.2, 0.25) is 12.7 Å². The van der Waals surface area contributed by atoms with Crippen molar-refractivity contribution in [2.24, 2.45) is 0 Å². The number of nitrogens with zero attached hydrogens (tertiary/aromatic N) is 3.